The molecule has 0 spiro atoms. The van der Waals surface area contributed by atoms with Gasteiger partial charge in [0.2, 0.25) is 0 Å². The molecule has 34 heavy (non-hydrogen) atoms. The number of rotatable bonds is 5. The summed E-state index contributed by atoms with van der Waals surface area (Å²) in [5, 5.41) is 9.09. The van der Waals surface area contributed by atoms with Crippen LogP contribution in [0.25, 0.3) is 22.3 Å². The van der Waals surface area contributed by atoms with Gasteiger partial charge in [0.1, 0.15) is 11.6 Å². The van der Waals surface area contributed by atoms with Crippen molar-refractivity contribution >= 4 is 28.4 Å². The summed E-state index contributed by atoms with van der Waals surface area (Å²) in [7, 11) is 0. The number of anilines is 1. The van der Waals surface area contributed by atoms with Crippen molar-refractivity contribution in [2.45, 2.75) is 0 Å². The topological polar surface area (TPSA) is 101 Å². The Labute approximate surface area is 191 Å². The van der Waals surface area contributed by atoms with Crippen LogP contribution in [0.1, 0.15) is 26.3 Å². The first-order chi connectivity index (χ1) is 16.5. The monoisotopic (exact) mass is 455 g/mol. The molecule has 7 nitrogen and oxygen atoms in total. The predicted molar refractivity (Wildman–Crippen MR) is 121 cm³/mol. The minimum Gasteiger partial charge on any atom is -0.322 e. The highest BCUT2D eigenvalue weighted by atomic mass is 19.1. The average molecular weight is 455 g/mol. The molecule has 5 aromatic rings. The average Bonchev–Trinajstić information content (AvgIpc) is 3.38. The third-order valence-corrected chi connectivity index (χ3v) is 5.16. The number of fused-ring (bicyclic) bond motifs is 1. The SMILES string of the molecule is O=C(Nc1ccc(C(=O)c2ccc3ncc(-c4cn[nH]c4)nc3c2)c(F)c1)c1cccc(F)c1. The van der Waals surface area contributed by atoms with E-state index < -0.39 is 23.3 Å². The molecule has 2 aromatic heterocycles. The Morgan fingerprint density at radius 2 is 1.76 bits per heavy atom. The van der Waals surface area contributed by atoms with Crippen molar-refractivity contribution in [2.24, 2.45) is 0 Å². The fourth-order valence-corrected chi connectivity index (χ4v) is 3.45. The Hall–Kier alpha value is -4.79. The number of carbonyl (C=O) groups is 2. The second-order valence-corrected chi connectivity index (χ2v) is 7.43. The highest BCUT2D eigenvalue weighted by molar-refractivity contribution is 6.11. The van der Waals surface area contributed by atoms with E-state index in [9.17, 15) is 18.4 Å². The van der Waals surface area contributed by atoms with Gasteiger partial charge in [-0.05, 0) is 54.6 Å². The van der Waals surface area contributed by atoms with Gasteiger partial charge in [0.25, 0.3) is 5.91 Å². The van der Waals surface area contributed by atoms with Gasteiger partial charge in [-0.1, -0.05) is 6.07 Å². The lowest BCUT2D eigenvalue weighted by atomic mass is 10.0. The highest BCUT2D eigenvalue weighted by Gasteiger charge is 2.17. The van der Waals surface area contributed by atoms with E-state index in [2.05, 4.69) is 25.5 Å². The van der Waals surface area contributed by atoms with E-state index in [1.807, 2.05) is 0 Å². The number of benzene rings is 3. The molecule has 1 amide bonds. The van der Waals surface area contributed by atoms with Crippen LogP contribution in [-0.4, -0.2) is 31.9 Å². The number of aromatic nitrogens is 4. The van der Waals surface area contributed by atoms with Crippen molar-refractivity contribution < 1.29 is 18.4 Å². The zero-order valence-electron chi connectivity index (χ0n) is 17.4. The van der Waals surface area contributed by atoms with Crippen molar-refractivity contribution in [3.8, 4) is 11.3 Å². The molecule has 0 aliphatic rings. The minimum atomic E-state index is -0.805. The van der Waals surface area contributed by atoms with Crippen molar-refractivity contribution in [2.75, 3.05) is 5.32 Å². The van der Waals surface area contributed by atoms with E-state index in [-0.39, 0.29) is 22.4 Å². The Balaban J connectivity index is 1.40. The van der Waals surface area contributed by atoms with Crippen molar-refractivity contribution in [3.05, 3.63) is 108 Å². The van der Waals surface area contributed by atoms with Gasteiger partial charge in [-0.15, -0.1) is 0 Å². The molecule has 0 fully saturated rings. The lowest BCUT2D eigenvalue weighted by molar-refractivity contribution is 0.102. The van der Waals surface area contributed by atoms with E-state index in [0.29, 0.717) is 16.7 Å². The van der Waals surface area contributed by atoms with Crippen LogP contribution in [0.5, 0.6) is 0 Å². The Morgan fingerprint density at radius 3 is 2.53 bits per heavy atom. The first-order valence-corrected chi connectivity index (χ1v) is 10.1. The summed E-state index contributed by atoms with van der Waals surface area (Å²) in [5.74, 6) is -2.51. The Kier molecular flexibility index (Phi) is 5.35. The Morgan fingerprint density at radius 1 is 0.882 bits per heavy atom. The maximum atomic E-state index is 14.8. The van der Waals surface area contributed by atoms with Crippen molar-refractivity contribution in [1.29, 1.82) is 0 Å². The van der Waals surface area contributed by atoms with Gasteiger partial charge in [-0.25, -0.2) is 13.8 Å². The molecular formula is C25H15F2N5O2. The van der Waals surface area contributed by atoms with E-state index in [1.54, 1.807) is 36.8 Å². The van der Waals surface area contributed by atoms with Crippen LogP contribution in [0.15, 0.2) is 79.3 Å². The van der Waals surface area contributed by atoms with E-state index in [4.69, 9.17) is 0 Å². The Bertz CT molecular complexity index is 1550. The molecule has 2 heterocycles. The van der Waals surface area contributed by atoms with Gasteiger partial charge in [0.15, 0.2) is 5.78 Å². The third-order valence-electron chi connectivity index (χ3n) is 5.16. The number of carbonyl (C=O) groups excluding carboxylic acids is 2. The summed E-state index contributed by atoms with van der Waals surface area (Å²) >= 11 is 0. The summed E-state index contributed by atoms with van der Waals surface area (Å²) in [6.07, 6.45) is 4.88. The third kappa shape index (κ3) is 4.14. The molecule has 0 radical (unpaired) electrons. The first kappa shape index (κ1) is 21.1. The molecule has 0 bridgehead atoms. The lowest BCUT2D eigenvalue weighted by Crippen LogP contribution is -2.13. The molecule has 3 aromatic carbocycles. The first-order valence-electron chi connectivity index (χ1n) is 10.1. The van der Waals surface area contributed by atoms with E-state index >= 15 is 0 Å². The van der Waals surface area contributed by atoms with Gasteiger partial charge >= 0.3 is 0 Å². The smallest absolute Gasteiger partial charge is 0.255 e. The van der Waals surface area contributed by atoms with Crippen LogP contribution in [0.2, 0.25) is 0 Å². The molecule has 0 unspecified atom stereocenters. The molecule has 0 aliphatic carbocycles. The molecule has 0 atom stereocenters. The van der Waals surface area contributed by atoms with Crippen LogP contribution in [0.3, 0.4) is 0 Å². The molecule has 2 N–H and O–H groups in total. The van der Waals surface area contributed by atoms with Gasteiger partial charge in [0.05, 0.1) is 34.7 Å². The second-order valence-electron chi connectivity index (χ2n) is 7.43. The lowest BCUT2D eigenvalue weighted by Gasteiger charge is -2.09. The van der Waals surface area contributed by atoms with Gasteiger partial charge < -0.3 is 5.32 Å². The molecule has 5 rings (SSSR count). The number of H-pyrrole nitrogens is 1. The molecule has 166 valence electrons. The van der Waals surface area contributed by atoms with Crippen LogP contribution in [-0.2, 0) is 0 Å². The number of hydrogen-bond donors (Lipinski definition) is 2. The van der Waals surface area contributed by atoms with Crippen molar-refractivity contribution in [1.82, 2.24) is 20.2 Å². The van der Waals surface area contributed by atoms with Crippen molar-refractivity contribution in [3.63, 3.8) is 0 Å². The number of hydrogen-bond acceptors (Lipinski definition) is 5. The number of amides is 1. The standard InChI is InChI=1S/C25H15F2N5O2/c26-17-3-1-2-15(8-17)25(34)31-18-5-6-19(20(27)10-18)24(33)14-4-7-21-22(9-14)32-23(13-28-21)16-11-29-30-12-16/h1-13H,(H,29,30)(H,31,34). The normalized spacial score (nSPS) is 10.9. The van der Waals surface area contributed by atoms with Gasteiger partial charge in [0, 0.05) is 28.6 Å². The number of aromatic amines is 1. The van der Waals surface area contributed by atoms with E-state index in [0.717, 1.165) is 17.7 Å². The van der Waals surface area contributed by atoms with Crippen LogP contribution < -0.4 is 5.32 Å². The van der Waals surface area contributed by atoms with Crippen LogP contribution >= 0.6 is 0 Å². The molecule has 0 saturated carbocycles. The quantitative estimate of drug-likeness (QED) is 0.372. The zero-order valence-corrected chi connectivity index (χ0v) is 17.4. The largest absolute Gasteiger partial charge is 0.322 e. The van der Waals surface area contributed by atoms with E-state index in [1.165, 1.54) is 30.3 Å². The summed E-state index contributed by atoms with van der Waals surface area (Å²) in [5.41, 5.74) is 2.68. The number of ketones is 1. The number of halogens is 2. The number of nitrogens with one attached hydrogen (secondary N) is 2. The maximum Gasteiger partial charge on any atom is 0.255 e. The maximum absolute atomic E-state index is 14.8. The fourth-order valence-electron chi connectivity index (χ4n) is 3.45. The summed E-state index contributed by atoms with van der Waals surface area (Å²) in [4.78, 5) is 34.1. The highest BCUT2D eigenvalue weighted by Crippen LogP contribution is 2.22. The summed E-state index contributed by atoms with van der Waals surface area (Å²) in [6, 6.07) is 13.6. The molecule has 0 aliphatic heterocycles. The summed E-state index contributed by atoms with van der Waals surface area (Å²) < 4.78 is 28.1. The minimum absolute atomic E-state index is 0.0904. The molecule has 0 saturated heterocycles. The summed E-state index contributed by atoms with van der Waals surface area (Å²) in [6.45, 7) is 0. The molecular weight excluding hydrogens is 440 g/mol. The van der Waals surface area contributed by atoms with Gasteiger partial charge in [-0.3, -0.25) is 19.7 Å². The van der Waals surface area contributed by atoms with Crippen LogP contribution in [0.4, 0.5) is 14.5 Å². The fraction of sp³-hybridized carbons (Fsp3) is 0. The van der Waals surface area contributed by atoms with Gasteiger partial charge in [-0.2, -0.15) is 5.10 Å². The second kappa shape index (κ2) is 8.62. The molecule has 9 heteroatoms. The van der Waals surface area contributed by atoms with Crippen LogP contribution in [0, 0.1) is 11.6 Å². The number of nitrogens with zero attached hydrogens (tertiary/aromatic N) is 3. The predicted octanol–water partition coefficient (Wildman–Crippen LogP) is 4.78. The zero-order chi connectivity index (χ0) is 23.7.